The van der Waals surface area contributed by atoms with E-state index in [1.165, 1.54) is 21.6 Å². The van der Waals surface area contributed by atoms with E-state index < -0.39 is 12.3 Å². The fourth-order valence-electron chi connectivity index (χ4n) is 5.17. The number of carbonyl (C=O) groups is 1. The second kappa shape index (κ2) is 9.88. The van der Waals surface area contributed by atoms with Crippen molar-refractivity contribution in [2.75, 3.05) is 36.5 Å². The lowest BCUT2D eigenvalue weighted by molar-refractivity contribution is 0.102. The molecule has 11 heteroatoms. The largest absolute Gasteiger partial charge is 0.378 e. The topological polar surface area (TPSA) is 89.6 Å². The smallest absolute Gasteiger partial charge is 0.282 e. The number of nitrogens with zero attached hydrogens (tertiary/aromatic N) is 6. The maximum absolute atomic E-state index is 14.1. The van der Waals surface area contributed by atoms with Crippen LogP contribution in [-0.2, 0) is 4.74 Å². The first-order valence-corrected chi connectivity index (χ1v) is 12.3. The van der Waals surface area contributed by atoms with Crippen LogP contribution in [0.15, 0.2) is 24.7 Å². The highest BCUT2D eigenvalue weighted by Crippen LogP contribution is 2.39. The van der Waals surface area contributed by atoms with Crippen LogP contribution in [-0.4, -0.2) is 56.6 Å². The van der Waals surface area contributed by atoms with Crippen molar-refractivity contribution < 1.29 is 19.7 Å². The molecule has 0 aromatic carbocycles. The third-order valence-corrected chi connectivity index (χ3v) is 7.25. The molecule has 0 radical (unpaired) electrons. The van der Waals surface area contributed by atoms with E-state index >= 15 is 0 Å². The second-order valence-corrected chi connectivity index (χ2v) is 9.67. The van der Waals surface area contributed by atoms with Crippen LogP contribution in [0.4, 0.5) is 20.3 Å². The van der Waals surface area contributed by atoms with Gasteiger partial charge in [0, 0.05) is 20.7 Å². The molecule has 0 atom stereocenters. The molecule has 0 spiro atoms. The van der Waals surface area contributed by atoms with Crippen LogP contribution in [0.2, 0.25) is 0 Å². The Morgan fingerprint density at radius 3 is 2.57 bits per heavy atom. The number of hydrogen-bond donors (Lipinski definition) is 1. The summed E-state index contributed by atoms with van der Waals surface area (Å²) in [6.07, 6.45) is 5.30. The molecule has 1 saturated carbocycles. The highest BCUT2D eigenvalue weighted by molar-refractivity contribution is 6.08. The molecule has 5 rings (SSSR count). The van der Waals surface area contributed by atoms with E-state index in [2.05, 4.69) is 39.2 Å². The van der Waals surface area contributed by atoms with E-state index in [4.69, 9.17) is 4.74 Å². The summed E-state index contributed by atoms with van der Waals surface area (Å²) in [5.41, 5.74) is 0.361. The Labute approximate surface area is 203 Å². The Morgan fingerprint density at radius 1 is 1.14 bits per heavy atom. The van der Waals surface area contributed by atoms with Crippen LogP contribution < -0.4 is 10.2 Å². The van der Waals surface area contributed by atoms with Gasteiger partial charge >= 0.3 is 0 Å². The van der Waals surface area contributed by atoms with Crippen LogP contribution in [0.1, 0.15) is 69.5 Å². The van der Waals surface area contributed by atoms with E-state index in [9.17, 15) is 13.6 Å². The summed E-state index contributed by atoms with van der Waals surface area (Å²) in [7, 11) is 0. The van der Waals surface area contributed by atoms with Crippen LogP contribution in [0.25, 0.3) is 5.65 Å². The minimum atomic E-state index is -2.76. The van der Waals surface area contributed by atoms with E-state index in [1.54, 1.807) is 6.20 Å². The summed E-state index contributed by atoms with van der Waals surface area (Å²) in [6.45, 7) is 7.04. The SMILES string of the molecule is CC(C)C1CCC(n2ncc(NC(=O)c3cnn4ccc(N5CCOCC5)nc34)c2C(F)F)CC1.[HH]. The van der Waals surface area contributed by atoms with Crippen molar-refractivity contribution in [3.8, 4) is 0 Å². The lowest BCUT2D eigenvalue weighted by Crippen LogP contribution is -2.36. The second-order valence-electron chi connectivity index (χ2n) is 9.67. The molecule has 9 nitrogen and oxygen atoms in total. The molecule has 1 aliphatic carbocycles. The van der Waals surface area contributed by atoms with E-state index in [1.807, 2.05) is 6.07 Å². The number of fused-ring (bicyclic) bond motifs is 1. The number of hydrogen-bond acceptors (Lipinski definition) is 6. The van der Waals surface area contributed by atoms with Crippen molar-refractivity contribution in [2.45, 2.75) is 52.0 Å². The van der Waals surface area contributed by atoms with Crippen LogP contribution in [0.3, 0.4) is 0 Å². The number of alkyl halides is 2. The Hall–Kier alpha value is -3.08. The summed E-state index contributed by atoms with van der Waals surface area (Å²) >= 11 is 0. The van der Waals surface area contributed by atoms with E-state index in [0.717, 1.165) is 25.7 Å². The minimum absolute atomic E-state index is 0. The number of aromatic nitrogens is 5. The highest BCUT2D eigenvalue weighted by Gasteiger charge is 2.30. The Bertz CT molecular complexity index is 1180. The highest BCUT2D eigenvalue weighted by atomic mass is 19.3. The molecule has 2 fully saturated rings. The van der Waals surface area contributed by atoms with Gasteiger partial charge in [0.2, 0.25) is 0 Å². The number of ether oxygens (including phenoxy) is 1. The Balaban J connectivity index is 0.00000304. The van der Waals surface area contributed by atoms with Crippen molar-refractivity contribution in [3.05, 3.63) is 35.9 Å². The first-order chi connectivity index (χ1) is 16.9. The van der Waals surface area contributed by atoms with Crippen molar-refractivity contribution in [1.82, 2.24) is 24.4 Å². The number of anilines is 2. The lowest BCUT2D eigenvalue weighted by atomic mass is 9.80. The van der Waals surface area contributed by atoms with Gasteiger partial charge in [0.1, 0.15) is 17.1 Å². The standard InChI is InChI=1S/C24H31F2N7O2.H2/c1-15(2)16-3-5-17(6-4-16)33-21(22(25)26)19(14-28-33)29-24(34)18-13-27-32-8-7-20(30-23(18)32)31-9-11-35-12-10-31;/h7-8,13-17,22H,3-6,9-12H2,1-2H3,(H,29,34);1H. The average Bonchev–Trinajstić information content (AvgIpc) is 3.48. The van der Waals surface area contributed by atoms with Gasteiger partial charge in [0.25, 0.3) is 12.3 Å². The number of nitrogens with one attached hydrogen (secondary N) is 1. The number of rotatable bonds is 6. The van der Waals surface area contributed by atoms with Gasteiger partial charge in [0.05, 0.1) is 37.3 Å². The molecular formula is C24H33F2N7O2. The fourth-order valence-corrected chi connectivity index (χ4v) is 5.17. The van der Waals surface area contributed by atoms with Gasteiger partial charge in [-0.3, -0.25) is 9.48 Å². The van der Waals surface area contributed by atoms with Crippen LogP contribution in [0.5, 0.6) is 0 Å². The predicted octanol–water partition coefficient (Wildman–Crippen LogP) is 4.59. The maximum atomic E-state index is 14.1. The van der Waals surface area contributed by atoms with Crippen molar-refractivity contribution in [3.63, 3.8) is 0 Å². The molecule has 190 valence electrons. The zero-order chi connectivity index (χ0) is 24.5. The van der Waals surface area contributed by atoms with Crippen LogP contribution in [0, 0.1) is 11.8 Å². The Morgan fingerprint density at radius 2 is 1.89 bits per heavy atom. The predicted molar refractivity (Wildman–Crippen MR) is 129 cm³/mol. The summed E-state index contributed by atoms with van der Waals surface area (Å²) in [4.78, 5) is 19.8. The molecule has 4 heterocycles. The first kappa shape index (κ1) is 23.7. The number of halogens is 2. The van der Waals surface area contributed by atoms with E-state index in [0.29, 0.717) is 49.6 Å². The van der Waals surface area contributed by atoms with Crippen LogP contribution >= 0.6 is 0 Å². The molecule has 3 aromatic rings. The molecule has 35 heavy (non-hydrogen) atoms. The summed E-state index contributed by atoms with van der Waals surface area (Å²) in [6, 6.07) is 1.74. The molecular weight excluding hydrogens is 456 g/mol. The third-order valence-electron chi connectivity index (χ3n) is 7.25. The van der Waals surface area contributed by atoms with Crippen molar-refractivity contribution in [1.29, 1.82) is 0 Å². The number of carbonyl (C=O) groups excluding carboxylic acids is 1. The van der Waals surface area contributed by atoms with Gasteiger partial charge in [-0.1, -0.05) is 13.8 Å². The number of morpholine rings is 1. The monoisotopic (exact) mass is 489 g/mol. The Kier molecular flexibility index (Phi) is 6.68. The minimum Gasteiger partial charge on any atom is -0.378 e. The average molecular weight is 490 g/mol. The summed E-state index contributed by atoms with van der Waals surface area (Å²) in [5, 5.41) is 11.1. The normalized spacial score (nSPS) is 21.3. The fraction of sp³-hybridized carbons (Fsp3) is 0.583. The summed E-state index contributed by atoms with van der Waals surface area (Å²) < 4.78 is 36.6. The zero-order valence-electron chi connectivity index (χ0n) is 20.0. The van der Waals surface area contributed by atoms with Crippen molar-refractivity contribution in [2.24, 2.45) is 11.8 Å². The third kappa shape index (κ3) is 4.73. The molecule has 3 aromatic heterocycles. The summed E-state index contributed by atoms with van der Waals surface area (Å²) in [5.74, 6) is 1.37. The zero-order valence-corrected chi connectivity index (χ0v) is 20.0. The molecule has 2 aliphatic rings. The molecule has 1 saturated heterocycles. The molecule has 0 bridgehead atoms. The quantitative estimate of drug-likeness (QED) is 0.545. The van der Waals surface area contributed by atoms with Gasteiger partial charge in [-0.25, -0.2) is 18.3 Å². The first-order valence-electron chi connectivity index (χ1n) is 12.3. The molecule has 0 unspecified atom stereocenters. The van der Waals surface area contributed by atoms with Gasteiger partial charge in [-0.05, 0) is 43.6 Å². The van der Waals surface area contributed by atoms with Gasteiger partial charge < -0.3 is 15.0 Å². The van der Waals surface area contributed by atoms with Gasteiger partial charge in [-0.15, -0.1) is 0 Å². The van der Waals surface area contributed by atoms with Crippen molar-refractivity contribution >= 4 is 23.1 Å². The van der Waals surface area contributed by atoms with E-state index in [-0.39, 0.29) is 24.4 Å². The molecule has 1 aliphatic heterocycles. The van der Waals surface area contributed by atoms with Gasteiger partial charge in [0.15, 0.2) is 5.65 Å². The number of amides is 1. The maximum Gasteiger partial charge on any atom is 0.282 e. The van der Waals surface area contributed by atoms with Gasteiger partial charge in [-0.2, -0.15) is 10.2 Å². The molecule has 1 amide bonds. The molecule has 1 N–H and O–H groups in total. The lowest BCUT2D eigenvalue weighted by Gasteiger charge is -2.31.